The molecule has 4 aromatic rings. The molecule has 0 aromatic heterocycles. The van der Waals surface area contributed by atoms with Crippen LogP contribution in [-0.2, 0) is 22.4 Å². The third-order valence-electron chi connectivity index (χ3n) is 14.2. The molecule has 4 amide bonds. The highest BCUT2D eigenvalue weighted by Crippen LogP contribution is 2.39. The van der Waals surface area contributed by atoms with Gasteiger partial charge in [0.1, 0.15) is 0 Å². The quantitative estimate of drug-likeness (QED) is 0.0557. The molecular formula is C72H90N10O4. The van der Waals surface area contributed by atoms with Crippen LogP contribution in [0.25, 0.3) is 24.3 Å². The Kier molecular flexibility index (Phi) is 25.4. The van der Waals surface area contributed by atoms with Crippen molar-refractivity contribution in [3.63, 3.8) is 0 Å². The van der Waals surface area contributed by atoms with Crippen LogP contribution in [0.1, 0.15) is 188 Å². The monoisotopic (exact) mass is 1160 g/mol. The Bertz CT molecular complexity index is 3420. The molecular weight excluding hydrogens is 1070 g/mol. The molecule has 4 aliphatic rings. The molecule has 452 valence electrons. The van der Waals surface area contributed by atoms with Gasteiger partial charge in [0.05, 0.1) is 24.5 Å². The minimum atomic E-state index is -0.330. The zero-order valence-corrected chi connectivity index (χ0v) is 52.2. The van der Waals surface area contributed by atoms with Gasteiger partial charge in [-0.1, -0.05) is 171 Å². The number of amides is 4. The SMILES string of the molecule is CC(=N)NC(=O)c1ccc(/C=C2\C=C(C)CC(C)(C)C2)cc1.CC(=N)NC(=O)c1ccc(/C=C2\C=C(C)CCC2)cc1.CC1=C/C(=C/c2ccc(CC(=O)N=C(N)N)cc2)CC(C)(C)C1.CC1=C/C(=C/c2ccc(CC(=O)N=C(N)N)cc2)CCC1. The van der Waals surface area contributed by atoms with Gasteiger partial charge in [-0.3, -0.25) is 30.0 Å². The predicted molar refractivity (Wildman–Crippen MR) is 357 cm³/mol. The maximum atomic E-state index is 11.8. The number of nitrogens with one attached hydrogen (secondary N) is 4. The number of amidine groups is 2. The van der Waals surface area contributed by atoms with E-state index in [1.165, 1.54) is 70.3 Å². The van der Waals surface area contributed by atoms with Gasteiger partial charge in [-0.25, -0.2) is 0 Å². The van der Waals surface area contributed by atoms with Gasteiger partial charge in [-0.15, -0.1) is 0 Å². The maximum absolute atomic E-state index is 11.8. The summed E-state index contributed by atoms with van der Waals surface area (Å²) in [5.74, 6) is -1.20. The number of carbonyl (C=O) groups is 4. The van der Waals surface area contributed by atoms with Crippen molar-refractivity contribution in [3.8, 4) is 0 Å². The standard InChI is InChI=1S/C19H25N3O.C19H24N2O.C17H21N3O.C17H20N2O/c1-13-8-16(12-19(2,3)11-13)9-14-4-6-15(7-5-14)10-17(23)22-18(20)21;1-13-9-16(12-19(3,4)11-13)10-15-5-7-17(8-6-15)18(22)21-14(2)20;1-12-3-2-4-15(9-12)10-13-5-7-14(8-6-13)11-16(21)20-17(18)19;1-12-4-3-5-15(10-12)11-14-6-8-16(9-7-14)17(20)19-13(2)18/h4-9H,10-12H2,1-3H3,(H4,20,21,22,23);5-10H,11-12H2,1-4H3,(H2,20,21,22);5-10H,2-4,11H2,1H3,(H4,18,19,20,21);6-11H,3-5H2,1-2H3,(H2,18,19,20)/b16-9-;16-10+;15-10+;15-11-. The molecule has 0 saturated heterocycles. The van der Waals surface area contributed by atoms with E-state index in [0.717, 1.165) is 71.9 Å². The molecule has 0 aliphatic heterocycles. The molecule has 0 heterocycles. The number of benzene rings is 4. The van der Waals surface area contributed by atoms with Gasteiger partial charge in [0.2, 0.25) is 0 Å². The lowest BCUT2D eigenvalue weighted by atomic mass is 9.75. The molecule has 0 atom stereocenters. The molecule has 0 unspecified atom stereocenters. The minimum absolute atomic E-state index is 0.154. The summed E-state index contributed by atoms with van der Waals surface area (Å²) >= 11 is 0. The van der Waals surface area contributed by atoms with Crippen molar-refractivity contribution in [2.24, 2.45) is 43.7 Å². The van der Waals surface area contributed by atoms with Crippen molar-refractivity contribution in [1.29, 1.82) is 10.8 Å². The van der Waals surface area contributed by atoms with Gasteiger partial charge in [0.15, 0.2) is 11.9 Å². The van der Waals surface area contributed by atoms with Crippen molar-refractivity contribution >= 4 is 71.5 Å². The van der Waals surface area contributed by atoms with E-state index >= 15 is 0 Å². The van der Waals surface area contributed by atoms with Crippen molar-refractivity contribution in [2.75, 3.05) is 0 Å². The Hall–Kier alpha value is -9.04. The summed E-state index contributed by atoms with van der Waals surface area (Å²) in [5.41, 5.74) is 39.9. The topological polar surface area (TPSA) is 269 Å². The number of aliphatic imine (C=N–C) groups is 2. The number of hydrogen-bond donors (Lipinski definition) is 8. The molecule has 4 aromatic carbocycles. The smallest absolute Gasteiger partial charge is 0.256 e. The Labute approximate surface area is 510 Å². The fraction of sp³-hybridized carbons (Fsp3) is 0.333. The van der Waals surface area contributed by atoms with E-state index in [0.29, 0.717) is 22.0 Å². The largest absolute Gasteiger partial charge is 0.370 e. The average Bonchev–Trinajstić information content (AvgIpc) is 2.67. The van der Waals surface area contributed by atoms with E-state index in [9.17, 15) is 19.2 Å². The molecule has 12 N–H and O–H groups in total. The molecule has 14 nitrogen and oxygen atoms in total. The van der Waals surface area contributed by atoms with Gasteiger partial charge in [0.25, 0.3) is 23.6 Å². The summed E-state index contributed by atoms with van der Waals surface area (Å²) < 4.78 is 0. The fourth-order valence-electron chi connectivity index (χ4n) is 11.0. The third-order valence-corrected chi connectivity index (χ3v) is 14.2. The Morgan fingerprint density at radius 2 is 0.733 bits per heavy atom. The molecule has 0 radical (unpaired) electrons. The molecule has 86 heavy (non-hydrogen) atoms. The third kappa shape index (κ3) is 25.4. The van der Waals surface area contributed by atoms with Crippen LogP contribution in [-0.4, -0.2) is 47.2 Å². The lowest BCUT2D eigenvalue weighted by molar-refractivity contribution is -0.118. The number of guanidine groups is 2. The van der Waals surface area contributed by atoms with Crippen LogP contribution in [0.5, 0.6) is 0 Å². The minimum Gasteiger partial charge on any atom is -0.370 e. The van der Waals surface area contributed by atoms with Crippen LogP contribution in [0.15, 0.2) is 176 Å². The summed E-state index contributed by atoms with van der Waals surface area (Å²) in [7, 11) is 0. The highest BCUT2D eigenvalue weighted by atomic mass is 16.2. The summed E-state index contributed by atoms with van der Waals surface area (Å²) in [4.78, 5) is 53.6. The average molecular weight is 1160 g/mol. The van der Waals surface area contributed by atoms with Crippen LogP contribution >= 0.6 is 0 Å². The van der Waals surface area contributed by atoms with Crippen LogP contribution in [0.2, 0.25) is 0 Å². The first-order valence-corrected chi connectivity index (χ1v) is 29.4. The van der Waals surface area contributed by atoms with Gasteiger partial charge < -0.3 is 33.6 Å². The van der Waals surface area contributed by atoms with E-state index in [1.807, 2.05) is 72.8 Å². The van der Waals surface area contributed by atoms with Crippen molar-refractivity contribution in [1.82, 2.24) is 10.6 Å². The number of carbonyl (C=O) groups excluding carboxylic acids is 4. The second-order valence-corrected chi connectivity index (χ2v) is 24.7. The van der Waals surface area contributed by atoms with E-state index in [1.54, 1.807) is 38.1 Å². The number of nitrogens with zero attached hydrogens (tertiary/aromatic N) is 2. The second kappa shape index (κ2) is 32.3. The molecule has 14 heteroatoms. The van der Waals surface area contributed by atoms with Gasteiger partial charge in [-0.05, 0) is 197 Å². The summed E-state index contributed by atoms with van der Waals surface area (Å²) in [6.07, 6.45) is 29.8. The van der Waals surface area contributed by atoms with Crippen LogP contribution in [0.3, 0.4) is 0 Å². The highest BCUT2D eigenvalue weighted by molar-refractivity contribution is 6.05. The molecule has 0 bridgehead atoms. The van der Waals surface area contributed by atoms with Crippen LogP contribution in [0.4, 0.5) is 0 Å². The molecule has 8 rings (SSSR count). The molecule has 0 saturated carbocycles. The highest BCUT2D eigenvalue weighted by Gasteiger charge is 2.25. The lowest BCUT2D eigenvalue weighted by Crippen LogP contribution is -2.27. The Morgan fingerprint density at radius 1 is 0.442 bits per heavy atom. The van der Waals surface area contributed by atoms with Gasteiger partial charge in [0, 0.05) is 11.1 Å². The van der Waals surface area contributed by atoms with E-state index < -0.39 is 0 Å². The predicted octanol–water partition coefficient (Wildman–Crippen LogP) is 14.2. The lowest BCUT2D eigenvalue weighted by Gasteiger charge is -2.30. The normalized spacial score (nSPS) is 17.6. The Morgan fingerprint density at radius 3 is 1.01 bits per heavy atom. The molecule has 0 spiro atoms. The van der Waals surface area contributed by atoms with E-state index in [-0.39, 0.29) is 60.1 Å². The maximum Gasteiger partial charge on any atom is 0.256 e. The first-order valence-electron chi connectivity index (χ1n) is 29.4. The van der Waals surface area contributed by atoms with Crippen molar-refractivity contribution in [3.05, 3.63) is 210 Å². The van der Waals surface area contributed by atoms with E-state index in [2.05, 4.69) is 125 Å². The zero-order chi connectivity index (χ0) is 63.1. The molecule has 0 fully saturated rings. The number of rotatable bonds is 10. The van der Waals surface area contributed by atoms with Crippen LogP contribution in [0, 0.1) is 21.6 Å². The Balaban J connectivity index is 0.000000210. The first-order chi connectivity index (χ1) is 40.5. The second-order valence-electron chi connectivity index (χ2n) is 24.7. The van der Waals surface area contributed by atoms with Crippen LogP contribution < -0.4 is 33.6 Å². The summed E-state index contributed by atoms with van der Waals surface area (Å²) in [6.45, 7) is 21.0. The number of hydrogen-bond acceptors (Lipinski definition) is 6. The van der Waals surface area contributed by atoms with E-state index in [4.69, 9.17) is 33.8 Å². The van der Waals surface area contributed by atoms with Gasteiger partial charge in [-0.2, -0.15) is 9.98 Å². The van der Waals surface area contributed by atoms with Crippen molar-refractivity contribution < 1.29 is 19.2 Å². The zero-order valence-electron chi connectivity index (χ0n) is 52.2. The summed E-state index contributed by atoms with van der Waals surface area (Å²) in [5, 5.41) is 19.5. The number of allylic oxidation sites excluding steroid dienone is 12. The fourth-order valence-corrected chi connectivity index (χ4v) is 11.0. The van der Waals surface area contributed by atoms with Gasteiger partial charge >= 0.3 is 0 Å². The van der Waals surface area contributed by atoms with Crippen molar-refractivity contribution in [2.45, 2.75) is 146 Å². The summed E-state index contributed by atoms with van der Waals surface area (Å²) in [6, 6.07) is 30.8. The first kappa shape index (κ1) is 67.7. The molecule has 4 aliphatic carbocycles. The number of nitrogens with two attached hydrogens (primary N) is 4.